The van der Waals surface area contributed by atoms with Crippen LogP contribution < -0.4 is 5.32 Å². The molecule has 0 spiro atoms. The first-order valence-electron chi connectivity index (χ1n) is 5.48. The van der Waals surface area contributed by atoms with Gasteiger partial charge >= 0.3 is 0 Å². The fourth-order valence-electron chi connectivity index (χ4n) is 2.11. The van der Waals surface area contributed by atoms with E-state index in [0.29, 0.717) is 6.04 Å². The zero-order valence-corrected chi connectivity index (χ0v) is 8.77. The van der Waals surface area contributed by atoms with Gasteiger partial charge in [0.05, 0.1) is 0 Å². The molecule has 0 aromatic carbocycles. The summed E-state index contributed by atoms with van der Waals surface area (Å²) in [5.74, 6) is 0.945. The Morgan fingerprint density at radius 1 is 1.42 bits per heavy atom. The zero-order chi connectivity index (χ0) is 8.97. The molecule has 0 heterocycles. The van der Waals surface area contributed by atoms with Crippen LogP contribution in [-0.2, 0) is 0 Å². The van der Waals surface area contributed by atoms with Gasteiger partial charge in [-0.2, -0.15) is 0 Å². The first-order chi connectivity index (χ1) is 5.72. The van der Waals surface area contributed by atoms with Crippen molar-refractivity contribution < 1.29 is 0 Å². The van der Waals surface area contributed by atoms with Gasteiger partial charge in [-0.05, 0) is 32.1 Å². The Labute approximate surface area is 76.9 Å². The van der Waals surface area contributed by atoms with Gasteiger partial charge in [0.1, 0.15) is 0 Å². The molecule has 72 valence electrons. The highest BCUT2D eigenvalue weighted by Crippen LogP contribution is 2.23. The van der Waals surface area contributed by atoms with E-state index in [-0.39, 0.29) is 0 Å². The molecule has 1 nitrogen and oxygen atoms in total. The summed E-state index contributed by atoms with van der Waals surface area (Å²) >= 11 is 0. The van der Waals surface area contributed by atoms with Crippen LogP contribution in [0.5, 0.6) is 0 Å². The van der Waals surface area contributed by atoms with Gasteiger partial charge in [0.2, 0.25) is 0 Å². The van der Waals surface area contributed by atoms with Crippen LogP contribution in [0.1, 0.15) is 52.9 Å². The highest BCUT2D eigenvalue weighted by atomic mass is 14.9. The molecule has 3 atom stereocenters. The average Bonchev–Trinajstić information content (AvgIpc) is 2.04. The van der Waals surface area contributed by atoms with Crippen LogP contribution in [-0.4, -0.2) is 12.1 Å². The third kappa shape index (κ3) is 3.14. The molecule has 1 fully saturated rings. The van der Waals surface area contributed by atoms with E-state index < -0.39 is 0 Å². The molecule has 0 amide bonds. The third-order valence-electron chi connectivity index (χ3n) is 3.07. The van der Waals surface area contributed by atoms with Crippen molar-refractivity contribution in [2.75, 3.05) is 0 Å². The minimum atomic E-state index is 0.709. The van der Waals surface area contributed by atoms with E-state index in [2.05, 4.69) is 26.1 Å². The van der Waals surface area contributed by atoms with Crippen molar-refractivity contribution >= 4 is 0 Å². The second kappa shape index (κ2) is 4.86. The first-order valence-corrected chi connectivity index (χ1v) is 5.48. The molecule has 1 aliphatic rings. The van der Waals surface area contributed by atoms with E-state index in [1.165, 1.54) is 32.1 Å². The van der Waals surface area contributed by atoms with Crippen molar-refractivity contribution in [3.63, 3.8) is 0 Å². The molecule has 1 aliphatic carbocycles. The smallest absolute Gasteiger partial charge is 0.00720 e. The molecule has 0 unspecified atom stereocenters. The van der Waals surface area contributed by atoms with Gasteiger partial charge in [-0.25, -0.2) is 0 Å². The van der Waals surface area contributed by atoms with Gasteiger partial charge in [0.15, 0.2) is 0 Å². The Hall–Kier alpha value is -0.0400. The molecule has 0 radical (unpaired) electrons. The van der Waals surface area contributed by atoms with Gasteiger partial charge in [0, 0.05) is 12.1 Å². The Balaban J connectivity index is 2.22. The summed E-state index contributed by atoms with van der Waals surface area (Å²) in [6.45, 7) is 6.92. The number of hydrogen-bond acceptors (Lipinski definition) is 1. The molecule has 1 saturated carbocycles. The molecular formula is C11H23N. The van der Waals surface area contributed by atoms with E-state index in [4.69, 9.17) is 0 Å². The summed E-state index contributed by atoms with van der Waals surface area (Å²) < 4.78 is 0. The monoisotopic (exact) mass is 169 g/mol. The highest BCUT2D eigenvalue weighted by Gasteiger charge is 2.19. The van der Waals surface area contributed by atoms with E-state index in [1.807, 2.05) is 0 Å². The molecule has 0 aliphatic heterocycles. The number of nitrogens with one attached hydrogen (secondary N) is 1. The molecular weight excluding hydrogens is 146 g/mol. The maximum Gasteiger partial charge on any atom is 0.00720 e. The second-order valence-corrected chi connectivity index (χ2v) is 4.44. The van der Waals surface area contributed by atoms with Gasteiger partial charge in [-0.15, -0.1) is 0 Å². The van der Waals surface area contributed by atoms with E-state index in [9.17, 15) is 0 Å². The molecule has 0 aromatic heterocycles. The van der Waals surface area contributed by atoms with Crippen LogP contribution in [0.2, 0.25) is 0 Å². The maximum absolute atomic E-state index is 3.70. The predicted octanol–water partition coefficient (Wildman–Crippen LogP) is 2.95. The Morgan fingerprint density at radius 3 is 2.75 bits per heavy atom. The van der Waals surface area contributed by atoms with Crippen LogP contribution >= 0.6 is 0 Å². The molecule has 0 saturated heterocycles. The molecule has 0 aromatic rings. The van der Waals surface area contributed by atoms with Crippen molar-refractivity contribution in [1.82, 2.24) is 5.32 Å². The van der Waals surface area contributed by atoms with Crippen molar-refractivity contribution in [3.05, 3.63) is 0 Å². The van der Waals surface area contributed by atoms with E-state index >= 15 is 0 Å². The Morgan fingerprint density at radius 2 is 2.17 bits per heavy atom. The lowest BCUT2D eigenvalue weighted by Crippen LogP contribution is -2.39. The lowest BCUT2D eigenvalue weighted by atomic mass is 9.87. The standard InChI is InChI=1S/C11H23N/c1-4-10(3)12-11-7-5-6-9(2)8-11/h9-12H,4-8H2,1-3H3/t9-,10+,11-/m1/s1. The van der Waals surface area contributed by atoms with E-state index in [1.54, 1.807) is 0 Å². The van der Waals surface area contributed by atoms with Crippen LogP contribution in [0.25, 0.3) is 0 Å². The quantitative estimate of drug-likeness (QED) is 0.685. The SMILES string of the molecule is CC[C@H](C)N[C@@H]1CCC[C@@H](C)C1. The summed E-state index contributed by atoms with van der Waals surface area (Å²) in [5, 5.41) is 3.70. The minimum absolute atomic E-state index is 0.709. The van der Waals surface area contributed by atoms with Gasteiger partial charge in [-0.1, -0.05) is 26.7 Å². The van der Waals surface area contributed by atoms with Gasteiger partial charge < -0.3 is 5.32 Å². The summed E-state index contributed by atoms with van der Waals surface area (Å²) in [4.78, 5) is 0. The molecule has 1 rings (SSSR count). The number of hydrogen-bond donors (Lipinski definition) is 1. The third-order valence-corrected chi connectivity index (χ3v) is 3.07. The fourth-order valence-corrected chi connectivity index (χ4v) is 2.11. The van der Waals surface area contributed by atoms with Gasteiger partial charge in [0.25, 0.3) is 0 Å². The lowest BCUT2D eigenvalue weighted by molar-refractivity contribution is 0.282. The largest absolute Gasteiger partial charge is 0.312 e. The summed E-state index contributed by atoms with van der Waals surface area (Å²) in [6, 6.07) is 1.52. The highest BCUT2D eigenvalue weighted by molar-refractivity contribution is 4.77. The molecule has 1 heteroatoms. The van der Waals surface area contributed by atoms with Crippen LogP contribution in [0.3, 0.4) is 0 Å². The van der Waals surface area contributed by atoms with E-state index in [0.717, 1.165) is 12.0 Å². The molecule has 0 bridgehead atoms. The summed E-state index contributed by atoms with van der Waals surface area (Å²) in [5.41, 5.74) is 0. The van der Waals surface area contributed by atoms with Crippen molar-refractivity contribution in [1.29, 1.82) is 0 Å². The van der Waals surface area contributed by atoms with Crippen LogP contribution in [0, 0.1) is 5.92 Å². The van der Waals surface area contributed by atoms with Crippen molar-refractivity contribution in [2.24, 2.45) is 5.92 Å². The molecule has 12 heavy (non-hydrogen) atoms. The average molecular weight is 169 g/mol. The Kier molecular flexibility index (Phi) is 4.07. The van der Waals surface area contributed by atoms with Crippen molar-refractivity contribution in [2.45, 2.75) is 65.0 Å². The fraction of sp³-hybridized carbons (Fsp3) is 1.00. The zero-order valence-electron chi connectivity index (χ0n) is 8.77. The van der Waals surface area contributed by atoms with Crippen LogP contribution in [0.15, 0.2) is 0 Å². The van der Waals surface area contributed by atoms with Crippen molar-refractivity contribution in [3.8, 4) is 0 Å². The van der Waals surface area contributed by atoms with Gasteiger partial charge in [-0.3, -0.25) is 0 Å². The summed E-state index contributed by atoms with van der Waals surface area (Å²) in [7, 11) is 0. The lowest BCUT2D eigenvalue weighted by Gasteiger charge is -2.29. The first kappa shape index (κ1) is 10.0. The second-order valence-electron chi connectivity index (χ2n) is 4.44. The summed E-state index contributed by atoms with van der Waals surface area (Å²) in [6.07, 6.45) is 6.91. The predicted molar refractivity (Wildman–Crippen MR) is 54.3 cm³/mol. The topological polar surface area (TPSA) is 12.0 Å². The molecule has 1 N–H and O–H groups in total. The van der Waals surface area contributed by atoms with Crippen LogP contribution in [0.4, 0.5) is 0 Å². The number of rotatable bonds is 3. The normalized spacial score (nSPS) is 33.2. The minimum Gasteiger partial charge on any atom is -0.312 e. The maximum atomic E-state index is 3.70. The Bertz CT molecular complexity index is 122.